The Labute approximate surface area is 151 Å². The van der Waals surface area contributed by atoms with Gasteiger partial charge in [0.2, 0.25) is 11.8 Å². The first-order chi connectivity index (χ1) is 12.5. The van der Waals surface area contributed by atoms with Gasteiger partial charge in [0, 0.05) is 32.1 Å². The van der Waals surface area contributed by atoms with Gasteiger partial charge in [0.1, 0.15) is 5.82 Å². The number of amides is 2. The van der Waals surface area contributed by atoms with Crippen LogP contribution in [0.2, 0.25) is 0 Å². The normalized spacial score (nSPS) is 23.1. The summed E-state index contributed by atoms with van der Waals surface area (Å²) in [4.78, 5) is 39.3. The molecular weight excluding hydrogens is 339 g/mol. The Balaban J connectivity index is 1.49. The number of nitrogens with zero attached hydrogens (tertiary/aromatic N) is 2. The number of rotatable bonds is 4. The van der Waals surface area contributed by atoms with Gasteiger partial charge in [-0.05, 0) is 30.9 Å². The number of carbonyl (C=O) groups excluding carboxylic acids is 2. The topological polar surface area (TPSA) is 77.9 Å². The number of hydrogen-bond acceptors (Lipinski definition) is 3. The van der Waals surface area contributed by atoms with E-state index in [1.165, 1.54) is 6.07 Å². The van der Waals surface area contributed by atoms with Crippen molar-refractivity contribution in [2.75, 3.05) is 26.2 Å². The fourth-order valence-electron chi connectivity index (χ4n) is 3.78. The third-order valence-electron chi connectivity index (χ3n) is 5.37. The molecule has 2 atom stereocenters. The van der Waals surface area contributed by atoms with Crippen LogP contribution in [0.5, 0.6) is 0 Å². The molecule has 140 valence electrons. The lowest BCUT2D eigenvalue weighted by molar-refractivity contribution is -0.143. The Bertz CT molecular complexity index is 701. The number of piperazine rings is 1. The number of benzene rings is 1. The van der Waals surface area contributed by atoms with E-state index in [2.05, 4.69) is 0 Å². The molecule has 1 aliphatic heterocycles. The van der Waals surface area contributed by atoms with Crippen LogP contribution in [0.1, 0.15) is 24.8 Å². The molecule has 1 aromatic rings. The second kappa shape index (κ2) is 7.85. The monoisotopic (exact) mass is 362 g/mol. The van der Waals surface area contributed by atoms with E-state index in [4.69, 9.17) is 5.11 Å². The molecule has 3 rings (SSSR count). The van der Waals surface area contributed by atoms with Gasteiger partial charge in [-0.25, -0.2) is 4.39 Å². The average Bonchev–Trinajstić information content (AvgIpc) is 3.13. The number of carboxylic acids is 1. The van der Waals surface area contributed by atoms with Crippen molar-refractivity contribution >= 4 is 17.8 Å². The molecule has 26 heavy (non-hydrogen) atoms. The van der Waals surface area contributed by atoms with Gasteiger partial charge >= 0.3 is 5.97 Å². The molecule has 2 fully saturated rings. The molecule has 1 N–H and O–H groups in total. The molecule has 6 nitrogen and oxygen atoms in total. The summed E-state index contributed by atoms with van der Waals surface area (Å²) >= 11 is 0. The number of carboxylic acid groups (broad SMARTS) is 1. The minimum Gasteiger partial charge on any atom is -0.481 e. The highest BCUT2D eigenvalue weighted by atomic mass is 19.1. The van der Waals surface area contributed by atoms with Crippen LogP contribution in [0.3, 0.4) is 0 Å². The smallest absolute Gasteiger partial charge is 0.306 e. The summed E-state index contributed by atoms with van der Waals surface area (Å²) in [5.41, 5.74) is 0.377. The van der Waals surface area contributed by atoms with Crippen LogP contribution in [-0.2, 0) is 20.8 Å². The molecule has 2 amide bonds. The molecule has 2 aliphatic rings. The number of carbonyl (C=O) groups is 3. The van der Waals surface area contributed by atoms with E-state index in [-0.39, 0.29) is 30.0 Å². The van der Waals surface area contributed by atoms with E-state index in [1.807, 2.05) is 0 Å². The lowest BCUT2D eigenvalue weighted by Crippen LogP contribution is -2.52. The number of hydrogen-bond donors (Lipinski definition) is 1. The van der Waals surface area contributed by atoms with Crippen LogP contribution >= 0.6 is 0 Å². The largest absolute Gasteiger partial charge is 0.481 e. The summed E-state index contributed by atoms with van der Waals surface area (Å²) in [5, 5.41) is 9.06. The van der Waals surface area contributed by atoms with E-state index in [0.717, 1.165) is 0 Å². The second-order valence-electron chi connectivity index (χ2n) is 7.02. The molecule has 0 unspecified atom stereocenters. The lowest BCUT2D eigenvalue weighted by Gasteiger charge is -2.36. The lowest BCUT2D eigenvalue weighted by atomic mass is 10.0. The zero-order chi connectivity index (χ0) is 18.7. The Morgan fingerprint density at radius 2 is 1.62 bits per heavy atom. The van der Waals surface area contributed by atoms with Crippen molar-refractivity contribution in [3.05, 3.63) is 35.6 Å². The van der Waals surface area contributed by atoms with Gasteiger partial charge in [-0.3, -0.25) is 14.4 Å². The Morgan fingerprint density at radius 1 is 1.00 bits per heavy atom. The predicted molar refractivity (Wildman–Crippen MR) is 91.7 cm³/mol. The summed E-state index contributed by atoms with van der Waals surface area (Å²) in [5.74, 6) is -2.01. The minimum atomic E-state index is -0.830. The third kappa shape index (κ3) is 4.03. The molecule has 7 heteroatoms. The van der Waals surface area contributed by atoms with E-state index in [9.17, 15) is 18.8 Å². The molecule has 0 spiro atoms. The van der Waals surface area contributed by atoms with Gasteiger partial charge in [0.15, 0.2) is 0 Å². The summed E-state index contributed by atoms with van der Waals surface area (Å²) in [7, 11) is 0. The molecule has 1 aromatic carbocycles. The molecule has 0 radical (unpaired) electrons. The minimum absolute atomic E-state index is 0.00467. The van der Waals surface area contributed by atoms with Gasteiger partial charge in [-0.15, -0.1) is 0 Å². The molecular formula is C19H23FN2O4. The molecule has 1 saturated carbocycles. The van der Waals surface area contributed by atoms with Crippen molar-refractivity contribution < 1.29 is 23.9 Å². The summed E-state index contributed by atoms with van der Waals surface area (Å²) < 4.78 is 13.7. The quantitative estimate of drug-likeness (QED) is 0.881. The highest BCUT2D eigenvalue weighted by molar-refractivity contribution is 5.82. The molecule has 1 aliphatic carbocycles. The van der Waals surface area contributed by atoms with Crippen LogP contribution in [0.4, 0.5) is 4.39 Å². The fraction of sp³-hybridized carbons (Fsp3) is 0.526. The predicted octanol–water partition coefficient (Wildman–Crippen LogP) is 1.54. The Kier molecular flexibility index (Phi) is 5.54. The summed E-state index contributed by atoms with van der Waals surface area (Å²) in [6.45, 7) is 1.73. The standard InChI is InChI=1S/C19H23FN2O4/c20-16-4-2-1-3-13(16)12-17(23)21-7-9-22(10-8-21)18(24)14-5-6-15(11-14)19(25)26/h1-4,14-15H,5-12H2,(H,25,26)/t14-,15+/m0/s1. The maximum Gasteiger partial charge on any atom is 0.306 e. The van der Waals surface area contributed by atoms with Crippen molar-refractivity contribution in [3.63, 3.8) is 0 Å². The van der Waals surface area contributed by atoms with Crippen LogP contribution < -0.4 is 0 Å². The van der Waals surface area contributed by atoms with Crippen molar-refractivity contribution in [2.24, 2.45) is 11.8 Å². The van der Waals surface area contributed by atoms with Crippen molar-refractivity contribution in [2.45, 2.75) is 25.7 Å². The highest BCUT2D eigenvalue weighted by Crippen LogP contribution is 2.32. The first-order valence-electron chi connectivity index (χ1n) is 8.98. The molecule has 1 saturated heterocycles. The second-order valence-corrected chi connectivity index (χ2v) is 7.02. The van der Waals surface area contributed by atoms with E-state index < -0.39 is 11.9 Å². The van der Waals surface area contributed by atoms with E-state index in [0.29, 0.717) is 51.0 Å². The SMILES string of the molecule is O=C(O)[C@@H]1CC[C@H](C(=O)N2CCN(C(=O)Cc3ccccc3F)CC2)C1. The third-order valence-corrected chi connectivity index (χ3v) is 5.37. The molecule has 1 heterocycles. The van der Waals surface area contributed by atoms with Crippen molar-refractivity contribution in [3.8, 4) is 0 Å². The first-order valence-corrected chi connectivity index (χ1v) is 8.98. The van der Waals surface area contributed by atoms with Gasteiger partial charge in [0.25, 0.3) is 0 Å². The number of aliphatic carboxylic acids is 1. The zero-order valence-electron chi connectivity index (χ0n) is 14.6. The van der Waals surface area contributed by atoms with E-state index in [1.54, 1.807) is 28.0 Å². The highest BCUT2D eigenvalue weighted by Gasteiger charge is 2.36. The Hall–Kier alpha value is -2.44. The number of halogens is 1. The summed E-state index contributed by atoms with van der Waals surface area (Å²) in [6, 6.07) is 6.23. The van der Waals surface area contributed by atoms with Crippen LogP contribution in [0.15, 0.2) is 24.3 Å². The maximum atomic E-state index is 13.7. The summed E-state index contributed by atoms with van der Waals surface area (Å²) in [6.07, 6.45) is 1.58. The zero-order valence-corrected chi connectivity index (χ0v) is 14.6. The van der Waals surface area contributed by atoms with Crippen molar-refractivity contribution in [1.82, 2.24) is 9.80 Å². The van der Waals surface area contributed by atoms with Gasteiger partial charge in [-0.1, -0.05) is 18.2 Å². The van der Waals surface area contributed by atoms with E-state index >= 15 is 0 Å². The Morgan fingerprint density at radius 3 is 2.23 bits per heavy atom. The van der Waals surface area contributed by atoms with Gasteiger partial charge in [-0.2, -0.15) is 0 Å². The molecule has 0 aromatic heterocycles. The average molecular weight is 362 g/mol. The van der Waals surface area contributed by atoms with Crippen LogP contribution in [-0.4, -0.2) is 58.9 Å². The maximum absolute atomic E-state index is 13.7. The van der Waals surface area contributed by atoms with Crippen LogP contribution in [0, 0.1) is 17.7 Å². The first kappa shape index (κ1) is 18.4. The van der Waals surface area contributed by atoms with Gasteiger partial charge in [0.05, 0.1) is 12.3 Å². The molecule has 0 bridgehead atoms. The fourth-order valence-corrected chi connectivity index (χ4v) is 3.78. The van der Waals surface area contributed by atoms with Crippen molar-refractivity contribution in [1.29, 1.82) is 0 Å². The van der Waals surface area contributed by atoms with Crippen LogP contribution in [0.25, 0.3) is 0 Å². The van der Waals surface area contributed by atoms with Gasteiger partial charge < -0.3 is 14.9 Å².